The molecule has 0 radical (unpaired) electrons. The molecule has 5 nitrogen and oxygen atoms in total. The number of hydrogen-bond donors (Lipinski definition) is 1. The number of nitrogens with two attached hydrogens (primary N) is 1. The van der Waals surface area contributed by atoms with Crippen LogP contribution < -0.4 is 5.73 Å². The van der Waals surface area contributed by atoms with E-state index in [9.17, 15) is 0 Å². The number of hydrogen-bond acceptors (Lipinski definition) is 5. The topological polar surface area (TPSA) is 74.2 Å². The Bertz CT molecular complexity index is 407. The lowest BCUT2D eigenvalue weighted by molar-refractivity contribution is -0.0469. The second-order valence-electron chi connectivity index (χ2n) is 5.68. The van der Waals surface area contributed by atoms with Crippen molar-refractivity contribution in [3.05, 3.63) is 11.7 Å². The molecule has 1 unspecified atom stereocenters. The van der Waals surface area contributed by atoms with Crippen LogP contribution in [0.25, 0.3) is 0 Å². The van der Waals surface area contributed by atoms with Crippen molar-refractivity contribution in [1.82, 2.24) is 10.1 Å². The van der Waals surface area contributed by atoms with Crippen LogP contribution in [0, 0.1) is 0 Å². The van der Waals surface area contributed by atoms with Crippen LogP contribution in [-0.2, 0) is 15.8 Å². The van der Waals surface area contributed by atoms with Crippen molar-refractivity contribution < 1.29 is 9.26 Å². The van der Waals surface area contributed by atoms with E-state index < -0.39 is 0 Å². The molecule has 0 spiro atoms. The van der Waals surface area contributed by atoms with Crippen LogP contribution in [-0.4, -0.2) is 23.3 Å². The molecule has 1 aromatic rings. The summed E-state index contributed by atoms with van der Waals surface area (Å²) >= 11 is 0. The van der Waals surface area contributed by atoms with E-state index in [0.717, 1.165) is 32.1 Å². The summed E-state index contributed by atoms with van der Waals surface area (Å²) in [5.74, 6) is 1.34. The van der Waals surface area contributed by atoms with Crippen LogP contribution in [0.5, 0.6) is 0 Å². The third-order valence-corrected chi connectivity index (χ3v) is 4.41. The van der Waals surface area contributed by atoms with Gasteiger partial charge in [0.15, 0.2) is 0 Å². The molecule has 1 aliphatic rings. The maximum atomic E-state index is 5.95. The zero-order valence-corrected chi connectivity index (χ0v) is 12.2. The highest BCUT2D eigenvalue weighted by molar-refractivity contribution is 5.09. The first kappa shape index (κ1) is 14.5. The van der Waals surface area contributed by atoms with Gasteiger partial charge in [-0.05, 0) is 46.0 Å². The van der Waals surface area contributed by atoms with Gasteiger partial charge in [-0.3, -0.25) is 0 Å². The third kappa shape index (κ3) is 2.54. The summed E-state index contributed by atoms with van der Waals surface area (Å²) in [7, 11) is 0. The normalized spacial score (nSPS) is 21.5. The molecule has 0 aliphatic heterocycles. The van der Waals surface area contributed by atoms with Crippen molar-refractivity contribution in [2.75, 3.05) is 13.2 Å². The summed E-state index contributed by atoms with van der Waals surface area (Å²) in [6.45, 7) is 7.34. The molecular weight excluding hydrogens is 242 g/mol. The lowest BCUT2D eigenvalue weighted by Crippen LogP contribution is -2.32. The van der Waals surface area contributed by atoms with Crippen LogP contribution >= 0.6 is 0 Å². The van der Waals surface area contributed by atoms with Gasteiger partial charge in [0.1, 0.15) is 5.60 Å². The van der Waals surface area contributed by atoms with Crippen molar-refractivity contribution in [2.24, 2.45) is 5.73 Å². The van der Waals surface area contributed by atoms with Crippen molar-refractivity contribution in [2.45, 2.75) is 63.9 Å². The lowest BCUT2D eigenvalue weighted by atomic mass is 9.87. The first-order chi connectivity index (χ1) is 9.10. The number of nitrogens with zero attached hydrogens (tertiary/aromatic N) is 2. The zero-order valence-electron chi connectivity index (χ0n) is 12.2. The maximum absolute atomic E-state index is 5.95. The van der Waals surface area contributed by atoms with Crippen molar-refractivity contribution in [3.8, 4) is 0 Å². The van der Waals surface area contributed by atoms with E-state index in [1.165, 1.54) is 0 Å². The fraction of sp³-hybridized carbons (Fsp3) is 0.857. The maximum Gasteiger partial charge on any atom is 0.233 e. The summed E-state index contributed by atoms with van der Waals surface area (Å²) in [6.07, 6.45) is 5.15. The Morgan fingerprint density at radius 1 is 1.37 bits per heavy atom. The minimum atomic E-state index is -0.334. The Kier molecular flexibility index (Phi) is 4.26. The molecule has 0 aromatic carbocycles. The SMILES string of the molecule is CCOC1(c2noc(C(C)(CC)CN)n2)CCCC1. The minimum absolute atomic E-state index is 0.239. The van der Waals surface area contributed by atoms with Gasteiger partial charge < -0.3 is 15.0 Å². The standard InChI is InChI=1S/C14H25N3O2/c1-4-13(3,10-15)12-16-11(17-19-12)14(18-5-2)8-6-7-9-14/h4-10,15H2,1-3H3. The van der Waals surface area contributed by atoms with Crippen LogP contribution in [0.15, 0.2) is 4.52 Å². The molecule has 19 heavy (non-hydrogen) atoms. The summed E-state index contributed by atoms with van der Waals surface area (Å²) in [6, 6.07) is 0. The Morgan fingerprint density at radius 2 is 2.05 bits per heavy atom. The molecule has 1 fully saturated rings. The summed E-state index contributed by atoms with van der Waals surface area (Å²) in [4.78, 5) is 4.61. The lowest BCUT2D eigenvalue weighted by Gasteiger charge is -2.25. The minimum Gasteiger partial charge on any atom is -0.367 e. The Labute approximate surface area is 114 Å². The van der Waals surface area contributed by atoms with E-state index in [1.54, 1.807) is 0 Å². The molecule has 1 aliphatic carbocycles. The molecule has 1 heterocycles. The summed E-state index contributed by atoms with van der Waals surface area (Å²) in [5, 5.41) is 4.18. The van der Waals surface area contributed by atoms with E-state index in [4.69, 9.17) is 15.0 Å². The Hall–Kier alpha value is -0.940. The summed E-state index contributed by atoms with van der Waals surface area (Å²) in [5.41, 5.74) is 5.27. The zero-order chi connectivity index (χ0) is 13.9. The van der Waals surface area contributed by atoms with Crippen molar-refractivity contribution in [3.63, 3.8) is 0 Å². The highest BCUT2D eigenvalue weighted by Gasteiger charge is 2.42. The van der Waals surface area contributed by atoms with Gasteiger partial charge in [-0.2, -0.15) is 4.98 Å². The smallest absolute Gasteiger partial charge is 0.233 e. The molecular formula is C14H25N3O2. The first-order valence-electron chi connectivity index (χ1n) is 7.29. The molecule has 1 saturated carbocycles. The van der Waals surface area contributed by atoms with E-state index in [2.05, 4.69) is 24.0 Å². The van der Waals surface area contributed by atoms with Gasteiger partial charge in [0.05, 0.1) is 5.41 Å². The van der Waals surface area contributed by atoms with Gasteiger partial charge >= 0.3 is 0 Å². The highest BCUT2D eigenvalue weighted by Crippen LogP contribution is 2.41. The fourth-order valence-corrected chi connectivity index (χ4v) is 2.69. The molecule has 0 bridgehead atoms. The molecule has 0 saturated heterocycles. The van der Waals surface area contributed by atoms with Crippen LogP contribution in [0.1, 0.15) is 64.6 Å². The average molecular weight is 267 g/mol. The fourth-order valence-electron chi connectivity index (χ4n) is 2.69. The molecule has 0 amide bonds. The quantitative estimate of drug-likeness (QED) is 0.857. The van der Waals surface area contributed by atoms with Crippen LogP contribution in [0.4, 0.5) is 0 Å². The monoisotopic (exact) mass is 267 g/mol. The molecule has 2 rings (SSSR count). The van der Waals surface area contributed by atoms with E-state index in [1.807, 2.05) is 6.92 Å². The Balaban J connectivity index is 2.29. The average Bonchev–Trinajstić information content (AvgIpc) is 3.07. The number of aromatic nitrogens is 2. The van der Waals surface area contributed by atoms with Gasteiger partial charge in [0.25, 0.3) is 0 Å². The first-order valence-corrected chi connectivity index (χ1v) is 7.29. The Morgan fingerprint density at radius 3 is 2.58 bits per heavy atom. The molecule has 1 atom stereocenters. The van der Waals surface area contributed by atoms with Crippen LogP contribution in [0.3, 0.4) is 0 Å². The van der Waals surface area contributed by atoms with Crippen molar-refractivity contribution >= 4 is 0 Å². The predicted molar refractivity (Wildman–Crippen MR) is 72.8 cm³/mol. The number of ether oxygens (including phenoxy) is 1. The molecule has 1 aromatic heterocycles. The van der Waals surface area contributed by atoms with Gasteiger partial charge in [0, 0.05) is 13.2 Å². The number of rotatable bonds is 6. The molecule has 108 valence electrons. The van der Waals surface area contributed by atoms with Crippen LogP contribution in [0.2, 0.25) is 0 Å². The molecule has 5 heteroatoms. The highest BCUT2D eigenvalue weighted by atomic mass is 16.5. The second kappa shape index (κ2) is 5.59. The second-order valence-corrected chi connectivity index (χ2v) is 5.68. The van der Waals surface area contributed by atoms with Gasteiger partial charge in [-0.1, -0.05) is 12.1 Å². The van der Waals surface area contributed by atoms with Gasteiger partial charge in [-0.15, -0.1) is 0 Å². The van der Waals surface area contributed by atoms with Gasteiger partial charge in [0.2, 0.25) is 11.7 Å². The van der Waals surface area contributed by atoms with E-state index in [0.29, 0.717) is 24.9 Å². The van der Waals surface area contributed by atoms with E-state index >= 15 is 0 Å². The predicted octanol–water partition coefficient (Wildman–Crippen LogP) is 2.50. The largest absolute Gasteiger partial charge is 0.367 e. The molecule has 2 N–H and O–H groups in total. The van der Waals surface area contributed by atoms with Gasteiger partial charge in [-0.25, -0.2) is 0 Å². The summed E-state index contributed by atoms with van der Waals surface area (Å²) < 4.78 is 11.4. The van der Waals surface area contributed by atoms with Crippen molar-refractivity contribution in [1.29, 1.82) is 0 Å². The van der Waals surface area contributed by atoms with E-state index in [-0.39, 0.29) is 11.0 Å². The third-order valence-electron chi connectivity index (χ3n) is 4.41.